The highest BCUT2D eigenvalue weighted by atomic mass is 32.1. The van der Waals surface area contributed by atoms with Crippen LogP contribution in [-0.4, -0.2) is 90.9 Å². The number of anilines is 1. The van der Waals surface area contributed by atoms with Gasteiger partial charge in [-0.1, -0.05) is 39.2 Å². The summed E-state index contributed by atoms with van der Waals surface area (Å²) in [6.07, 6.45) is 4.78. The quantitative estimate of drug-likeness (QED) is 0.521. The van der Waals surface area contributed by atoms with Gasteiger partial charge in [0.05, 0.1) is 17.7 Å². The lowest BCUT2D eigenvalue weighted by Crippen LogP contribution is -2.46. The van der Waals surface area contributed by atoms with Crippen LogP contribution in [0.15, 0.2) is 23.6 Å². The van der Waals surface area contributed by atoms with Gasteiger partial charge in [-0.25, -0.2) is 4.98 Å². The van der Waals surface area contributed by atoms with Gasteiger partial charge in [-0.15, -0.1) is 11.3 Å². The summed E-state index contributed by atoms with van der Waals surface area (Å²) in [5, 5.41) is 3.04. The third-order valence-electron chi connectivity index (χ3n) is 9.96. The number of piperazine rings is 1. The van der Waals surface area contributed by atoms with E-state index >= 15 is 0 Å². The lowest BCUT2D eigenvalue weighted by Gasteiger charge is -2.35. The zero-order valence-corrected chi connectivity index (χ0v) is 25.8. The van der Waals surface area contributed by atoms with E-state index in [2.05, 4.69) is 36.1 Å². The fourth-order valence-electron chi connectivity index (χ4n) is 7.49. The average Bonchev–Trinajstić information content (AvgIpc) is 3.71. The van der Waals surface area contributed by atoms with E-state index in [0.717, 1.165) is 74.7 Å². The number of ether oxygens (including phenoxy) is 1. The number of hydrogen-bond acceptors (Lipinski definition) is 8. The van der Waals surface area contributed by atoms with Crippen LogP contribution < -0.4 is 10.6 Å². The van der Waals surface area contributed by atoms with Gasteiger partial charge in [0.15, 0.2) is 10.9 Å². The molecule has 42 heavy (non-hydrogen) atoms. The fraction of sp³-hybridized carbons (Fsp3) is 0.625. The number of carbonyl (C=O) groups excluding carboxylic acids is 3. The largest absolute Gasteiger partial charge is 0.367 e. The Bertz CT molecular complexity index is 1330. The highest BCUT2D eigenvalue weighted by Crippen LogP contribution is 2.44. The van der Waals surface area contributed by atoms with Crippen molar-refractivity contribution in [1.82, 2.24) is 14.8 Å². The van der Waals surface area contributed by atoms with Crippen LogP contribution in [0.25, 0.3) is 11.3 Å². The number of benzene rings is 1. The SMILES string of the molecule is CC(C)[C@@H]1CN(C(=O)[C@H](c2cc(-c3csc(N4CCN(C)CC4)n3)ccc2C(N)=O)C2CCCCC2)[C@@H]2C(=O)CO[C@@H]21. The minimum atomic E-state index is -0.555. The minimum Gasteiger partial charge on any atom is -0.367 e. The fourth-order valence-corrected chi connectivity index (χ4v) is 8.38. The lowest BCUT2D eigenvalue weighted by molar-refractivity contribution is -0.139. The molecule has 2 aromatic rings. The van der Waals surface area contributed by atoms with Crippen LogP contribution >= 0.6 is 11.3 Å². The number of nitrogens with zero attached hydrogens (tertiary/aromatic N) is 4. The first-order valence-electron chi connectivity index (χ1n) is 15.5. The van der Waals surface area contributed by atoms with Crippen molar-refractivity contribution in [2.24, 2.45) is 23.5 Å². The van der Waals surface area contributed by atoms with Crippen LogP contribution in [0.1, 0.15) is 67.8 Å². The number of likely N-dealkylation sites (N-methyl/N-ethyl adjacent to an activating group) is 1. The Hall–Kier alpha value is -2.82. The van der Waals surface area contributed by atoms with Crippen molar-refractivity contribution < 1.29 is 19.1 Å². The molecule has 9 nitrogen and oxygen atoms in total. The molecule has 10 heteroatoms. The van der Waals surface area contributed by atoms with Crippen molar-refractivity contribution in [2.45, 2.75) is 64.0 Å². The molecule has 2 amide bonds. The number of hydrogen-bond donors (Lipinski definition) is 1. The van der Waals surface area contributed by atoms with Gasteiger partial charge in [-0.05, 0) is 49.4 Å². The number of Topliss-reactive ketones (excluding diaryl/α,β-unsaturated/α-hetero) is 1. The Morgan fingerprint density at radius 3 is 2.52 bits per heavy atom. The number of aromatic nitrogens is 1. The normalized spacial score (nSPS) is 26.2. The number of rotatable bonds is 7. The molecule has 1 saturated carbocycles. The summed E-state index contributed by atoms with van der Waals surface area (Å²) in [4.78, 5) is 51.9. The Kier molecular flexibility index (Phi) is 8.40. The lowest BCUT2D eigenvalue weighted by atomic mass is 9.74. The van der Waals surface area contributed by atoms with E-state index in [9.17, 15) is 14.4 Å². The molecule has 3 aliphatic heterocycles. The monoisotopic (exact) mass is 593 g/mol. The van der Waals surface area contributed by atoms with Crippen molar-refractivity contribution >= 4 is 34.1 Å². The van der Waals surface area contributed by atoms with Crippen LogP contribution in [0.2, 0.25) is 0 Å². The zero-order chi connectivity index (χ0) is 29.5. The Morgan fingerprint density at radius 1 is 1.10 bits per heavy atom. The van der Waals surface area contributed by atoms with Crippen LogP contribution in [0, 0.1) is 17.8 Å². The third kappa shape index (κ3) is 5.49. The van der Waals surface area contributed by atoms with E-state index in [1.165, 1.54) is 0 Å². The van der Waals surface area contributed by atoms with E-state index in [1.807, 2.05) is 12.1 Å². The van der Waals surface area contributed by atoms with Crippen molar-refractivity contribution in [2.75, 3.05) is 51.3 Å². The number of amides is 2. The molecule has 4 aliphatic rings. The molecule has 6 rings (SSSR count). The van der Waals surface area contributed by atoms with Crippen LogP contribution in [0.3, 0.4) is 0 Å². The van der Waals surface area contributed by atoms with Crippen LogP contribution in [0.4, 0.5) is 5.13 Å². The van der Waals surface area contributed by atoms with Crippen molar-refractivity contribution in [3.8, 4) is 11.3 Å². The highest BCUT2D eigenvalue weighted by molar-refractivity contribution is 7.14. The first-order valence-corrected chi connectivity index (χ1v) is 16.4. The summed E-state index contributed by atoms with van der Waals surface area (Å²) in [5.41, 5.74) is 8.70. The molecular formula is C32H43N5O4S. The number of nitrogens with two attached hydrogens (primary N) is 1. The number of likely N-dealkylation sites (tertiary alicyclic amines) is 1. The molecule has 1 aromatic carbocycles. The van der Waals surface area contributed by atoms with Crippen molar-refractivity contribution in [3.63, 3.8) is 0 Å². The number of fused-ring (bicyclic) bond motifs is 1. The second-order valence-electron chi connectivity index (χ2n) is 12.9. The minimum absolute atomic E-state index is 0.0262. The van der Waals surface area contributed by atoms with E-state index in [1.54, 1.807) is 22.3 Å². The maximum atomic E-state index is 14.7. The van der Waals surface area contributed by atoms with Crippen LogP contribution in [-0.2, 0) is 14.3 Å². The van der Waals surface area contributed by atoms with E-state index in [0.29, 0.717) is 17.7 Å². The van der Waals surface area contributed by atoms with Crippen LogP contribution in [0.5, 0.6) is 0 Å². The summed E-state index contributed by atoms with van der Waals surface area (Å²) in [5.74, 6) is -0.744. The summed E-state index contributed by atoms with van der Waals surface area (Å²) >= 11 is 1.62. The summed E-state index contributed by atoms with van der Waals surface area (Å²) in [6.45, 7) is 8.67. The van der Waals surface area contributed by atoms with Gasteiger partial charge in [0.1, 0.15) is 12.6 Å². The number of carbonyl (C=O) groups is 3. The molecule has 4 fully saturated rings. The Labute approximate surface area is 252 Å². The second-order valence-corrected chi connectivity index (χ2v) is 13.8. The summed E-state index contributed by atoms with van der Waals surface area (Å²) < 4.78 is 5.94. The average molecular weight is 594 g/mol. The smallest absolute Gasteiger partial charge is 0.249 e. The standard InChI is InChI=1S/C32H43N5O4S/c1-19(2)24-16-37(28-26(38)17-41-29(24)28)31(40)27(20-7-5-4-6-8-20)23-15-21(9-10-22(23)30(33)39)25-18-42-32(34-25)36-13-11-35(3)12-14-36/h9-10,15,18-20,24,27-29H,4-8,11-14,16-17H2,1-3H3,(H2,33,39)/t24-,27-,28+,29+/m0/s1. The van der Waals surface area contributed by atoms with E-state index < -0.39 is 17.9 Å². The summed E-state index contributed by atoms with van der Waals surface area (Å²) in [7, 11) is 2.14. The first-order chi connectivity index (χ1) is 20.2. The molecule has 4 atom stereocenters. The first kappa shape index (κ1) is 29.3. The van der Waals surface area contributed by atoms with Gasteiger partial charge in [0, 0.05) is 55.1 Å². The topological polar surface area (TPSA) is 109 Å². The molecular weight excluding hydrogens is 550 g/mol. The number of primary amides is 1. The second kappa shape index (κ2) is 12.1. The van der Waals surface area contributed by atoms with Gasteiger partial charge < -0.3 is 25.2 Å². The molecule has 0 spiro atoms. The van der Waals surface area contributed by atoms with E-state index in [4.69, 9.17) is 15.5 Å². The predicted octanol–water partition coefficient (Wildman–Crippen LogP) is 3.78. The van der Waals surface area contributed by atoms with E-state index in [-0.39, 0.29) is 42.2 Å². The van der Waals surface area contributed by atoms with Gasteiger partial charge in [-0.2, -0.15) is 0 Å². The third-order valence-corrected chi connectivity index (χ3v) is 10.9. The maximum absolute atomic E-state index is 14.7. The summed E-state index contributed by atoms with van der Waals surface area (Å²) in [6, 6.07) is 5.07. The molecule has 0 radical (unpaired) electrons. The maximum Gasteiger partial charge on any atom is 0.249 e. The van der Waals surface area contributed by atoms with Crippen molar-refractivity contribution in [1.29, 1.82) is 0 Å². The predicted molar refractivity (Wildman–Crippen MR) is 164 cm³/mol. The molecule has 3 saturated heterocycles. The highest BCUT2D eigenvalue weighted by Gasteiger charge is 2.54. The van der Waals surface area contributed by atoms with Gasteiger partial charge in [0.2, 0.25) is 11.8 Å². The zero-order valence-electron chi connectivity index (χ0n) is 25.0. The number of thiazole rings is 1. The molecule has 4 heterocycles. The van der Waals surface area contributed by atoms with Gasteiger partial charge in [-0.3, -0.25) is 14.4 Å². The van der Waals surface area contributed by atoms with Gasteiger partial charge >= 0.3 is 0 Å². The molecule has 0 unspecified atom stereocenters. The molecule has 226 valence electrons. The van der Waals surface area contributed by atoms with Crippen molar-refractivity contribution in [3.05, 3.63) is 34.7 Å². The molecule has 1 aromatic heterocycles. The molecule has 1 aliphatic carbocycles. The Balaban J connectivity index is 1.38. The Morgan fingerprint density at radius 2 is 1.83 bits per heavy atom. The molecule has 0 bridgehead atoms. The molecule has 2 N–H and O–H groups in total. The van der Waals surface area contributed by atoms with Gasteiger partial charge in [0.25, 0.3) is 0 Å². The number of ketones is 1.